The Bertz CT molecular complexity index is 3720. The molecule has 8 aromatic heterocycles. The summed E-state index contributed by atoms with van der Waals surface area (Å²) >= 11 is 0. The number of nitrogens with zero attached hydrogens (tertiary/aromatic N) is 15. The number of hydrogen-bond acceptors (Lipinski definition) is 19. The van der Waals surface area contributed by atoms with Gasteiger partial charge in [-0.3, -0.25) is 14.4 Å². The number of methoxy groups -OCH3 is 2. The van der Waals surface area contributed by atoms with E-state index in [1.165, 1.54) is 61.0 Å². The van der Waals surface area contributed by atoms with E-state index in [9.17, 15) is 19.2 Å². The average Bonchev–Trinajstić information content (AvgIpc) is 4.38. The minimum Gasteiger partial charge on any atom is -0.494 e. The smallest absolute Gasteiger partial charge is 0.377 e. The van der Waals surface area contributed by atoms with E-state index >= 15 is 0 Å². The van der Waals surface area contributed by atoms with Gasteiger partial charge in [0.2, 0.25) is 0 Å². The maximum absolute atomic E-state index is 13.4. The summed E-state index contributed by atoms with van der Waals surface area (Å²) in [5.74, 6) is 0.542. The van der Waals surface area contributed by atoms with Crippen LogP contribution in [0.4, 0.5) is 11.6 Å². The fourth-order valence-corrected chi connectivity index (χ4v) is 8.96. The number of pyridine rings is 2. The fraction of sp³-hybridized carbons (Fsp3) is 0.240. The molecule has 0 bridgehead atoms. The second kappa shape index (κ2) is 22.1. The molecule has 0 saturated carbocycles. The lowest BCUT2D eigenvalue weighted by molar-refractivity contribution is -0.131. The molecule has 6 N–H and O–H groups in total. The van der Waals surface area contributed by atoms with Crippen molar-refractivity contribution in [1.29, 1.82) is 0 Å². The summed E-state index contributed by atoms with van der Waals surface area (Å²) in [4.78, 5) is 78.1. The van der Waals surface area contributed by atoms with Crippen LogP contribution in [0.15, 0.2) is 98.1 Å². The lowest BCUT2D eigenvalue weighted by Crippen LogP contribution is -2.50. The van der Waals surface area contributed by atoms with Crippen LogP contribution in [0.3, 0.4) is 0 Å². The number of Topliss-reactive ketones (excluding diaryl/α,β-unsaturated/α-hetero) is 2. The molecule has 1 amide bonds. The first-order valence-electron chi connectivity index (χ1n) is 24.1. The Balaban J connectivity index is 0.000000145. The maximum atomic E-state index is 13.4. The highest BCUT2D eigenvalue weighted by Crippen LogP contribution is 2.34. The number of H-pyrrole nitrogens is 4. The summed E-state index contributed by atoms with van der Waals surface area (Å²) in [6.45, 7) is 9.23. The lowest BCUT2D eigenvalue weighted by atomic mass is 10.1. The number of aryl methyl sites for hydroxylation is 2. The number of carboxylic acid groups (broad SMARTS) is 1. The van der Waals surface area contributed by atoms with Gasteiger partial charge in [-0.1, -0.05) is 60.7 Å². The number of aliphatic carboxylic acids is 1. The number of carbonyl (C=O) groups is 4. The average molecular weight is 1040 g/mol. The van der Waals surface area contributed by atoms with Crippen molar-refractivity contribution in [2.75, 3.05) is 76.4 Å². The van der Waals surface area contributed by atoms with Crippen LogP contribution in [0.25, 0.3) is 56.0 Å². The first-order valence-corrected chi connectivity index (χ1v) is 24.1. The van der Waals surface area contributed by atoms with Gasteiger partial charge in [-0.05, 0) is 13.8 Å². The number of aromatic nitrogens is 16. The minimum atomic E-state index is -1.54. The maximum Gasteiger partial charge on any atom is 0.377 e. The van der Waals surface area contributed by atoms with E-state index in [1.807, 2.05) is 48.5 Å². The number of amides is 1. The van der Waals surface area contributed by atoms with Gasteiger partial charge >= 0.3 is 5.97 Å². The van der Waals surface area contributed by atoms with Gasteiger partial charge in [0.05, 0.1) is 59.5 Å². The van der Waals surface area contributed by atoms with Gasteiger partial charge in [-0.2, -0.15) is 30.8 Å². The number of nitrogens with one attached hydrogen (secondary N) is 5. The molecule has 2 saturated heterocycles. The zero-order valence-electron chi connectivity index (χ0n) is 42.0. The van der Waals surface area contributed by atoms with Gasteiger partial charge in [0.15, 0.2) is 23.3 Å². The Labute approximate surface area is 436 Å². The van der Waals surface area contributed by atoms with Crippen LogP contribution in [0.5, 0.6) is 11.5 Å². The monoisotopic (exact) mass is 1040 g/mol. The predicted molar refractivity (Wildman–Crippen MR) is 278 cm³/mol. The van der Waals surface area contributed by atoms with Gasteiger partial charge in [0.1, 0.15) is 47.2 Å². The Morgan fingerprint density at radius 2 is 1.01 bits per heavy atom. The van der Waals surface area contributed by atoms with Crippen molar-refractivity contribution < 1.29 is 33.8 Å². The summed E-state index contributed by atoms with van der Waals surface area (Å²) in [6, 6.07) is 19.9. The van der Waals surface area contributed by atoms with Crippen LogP contribution in [-0.4, -0.2) is 180 Å². The Kier molecular flexibility index (Phi) is 14.5. The van der Waals surface area contributed by atoms with Gasteiger partial charge < -0.3 is 44.6 Å². The molecule has 2 aliphatic rings. The minimum absolute atomic E-state index is 0.000151. The SMILES string of the molecule is COc1cnc(-n2cnc(C)n2)c2[nH]cc(C(=O)C(=O)N3CCN(c4n[nH]nc4-c4ccccc4)CC3)c12.COc1cnc(-n2cnc(C)n2)c2[nH]cc(C(=O)C(=O)O)c12.c1ccc(-c2n[nH]nc2N2CCNCC2)cc1. The van der Waals surface area contributed by atoms with Crippen molar-refractivity contribution in [1.82, 2.24) is 90.5 Å². The van der Waals surface area contributed by atoms with E-state index in [2.05, 4.69) is 98.2 Å². The molecule has 10 aromatic rings. The summed E-state index contributed by atoms with van der Waals surface area (Å²) in [6.07, 6.45) is 8.75. The normalized spacial score (nSPS) is 13.4. The Morgan fingerprint density at radius 1 is 0.558 bits per heavy atom. The van der Waals surface area contributed by atoms with Gasteiger partial charge in [0.25, 0.3) is 17.5 Å². The molecule has 77 heavy (non-hydrogen) atoms. The van der Waals surface area contributed by atoms with Crippen molar-refractivity contribution in [3.8, 4) is 45.6 Å². The number of piperazine rings is 2. The summed E-state index contributed by atoms with van der Waals surface area (Å²) < 4.78 is 13.6. The van der Waals surface area contributed by atoms with Crippen molar-refractivity contribution in [2.45, 2.75) is 13.8 Å². The third-order valence-electron chi connectivity index (χ3n) is 12.7. The van der Waals surface area contributed by atoms with Crippen molar-refractivity contribution in [3.05, 3.63) is 121 Å². The number of aromatic amines is 4. The number of ether oxygens (including phenoxy) is 2. The Hall–Kier alpha value is -10.2. The molecule has 0 aliphatic carbocycles. The molecule has 2 aliphatic heterocycles. The summed E-state index contributed by atoms with van der Waals surface area (Å²) in [7, 11) is 2.91. The highest BCUT2D eigenvalue weighted by Gasteiger charge is 2.32. The van der Waals surface area contributed by atoms with Crippen molar-refractivity contribution in [3.63, 3.8) is 0 Å². The van der Waals surface area contributed by atoms with Crippen LogP contribution in [0.2, 0.25) is 0 Å². The molecule has 27 nitrogen and oxygen atoms in total. The highest BCUT2D eigenvalue weighted by molar-refractivity contribution is 6.45. The molecular formula is C50H50N20O7. The number of rotatable bonds is 12. The van der Waals surface area contributed by atoms with E-state index in [0.717, 1.165) is 60.3 Å². The highest BCUT2D eigenvalue weighted by atomic mass is 16.5. The number of carboxylic acids is 1. The van der Waals surface area contributed by atoms with Crippen LogP contribution in [0.1, 0.15) is 32.4 Å². The first kappa shape index (κ1) is 50.4. The van der Waals surface area contributed by atoms with E-state index < -0.39 is 23.4 Å². The number of anilines is 2. The summed E-state index contributed by atoms with van der Waals surface area (Å²) in [5.41, 5.74) is 4.92. The molecule has 0 spiro atoms. The number of fused-ring (bicyclic) bond motifs is 2. The quantitative estimate of drug-likeness (QED) is 0.0754. The number of carbonyl (C=O) groups excluding carboxylic acids is 3. The van der Waals surface area contributed by atoms with Crippen molar-refractivity contribution in [2.24, 2.45) is 0 Å². The number of benzene rings is 2. The molecule has 10 heterocycles. The van der Waals surface area contributed by atoms with E-state index in [1.54, 1.807) is 18.7 Å². The van der Waals surface area contributed by atoms with Gasteiger partial charge in [0, 0.05) is 75.9 Å². The van der Waals surface area contributed by atoms with Crippen LogP contribution < -0.4 is 24.6 Å². The topological polar surface area (TPSA) is 331 Å². The molecular weight excluding hydrogens is 993 g/mol. The van der Waals surface area contributed by atoms with Gasteiger partial charge in [-0.15, -0.1) is 10.2 Å². The first-order chi connectivity index (χ1) is 37.5. The molecule has 2 fully saturated rings. The Morgan fingerprint density at radius 3 is 1.44 bits per heavy atom. The van der Waals surface area contributed by atoms with Crippen molar-refractivity contribution >= 4 is 56.9 Å². The molecule has 12 rings (SSSR count). The molecule has 2 aromatic carbocycles. The second-order valence-electron chi connectivity index (χ2n) is 17.4. The van der Waals surface area contributed by atoms with E-state index in [4.69, 9.17) is 14.6 Å². The third-order valence-corrected chi connectivity index (χ3v) is 12.7. The third kappa shape index (κ3) is 10.2. The standard InChI is InChI=1S/C25H24N10O3.C13H11N5O4.C12H15N5/c1-15-28-14-35(31-15)23-21-19(18(38-2)13-27-23)17(12-26-21)22(36)25(37)34-10-8-33(9-11-34)24-20(29-32-30-24)16-6-4-3-5-7-16;1-6-16-5-18(17-6)12-10-9(8(22-2)4-15-12)7(3-14-10)11(19)13(20)21;1-2-4-10(5-3-1)11-12(15-16-14-11)17-8-6-13-7-9-17/h3-7,12-14,26H,8-11H2,1-2H3,(H,29,30,32);3-5,14H,1-2H3,(H,20,21);1-5,13H,6-9H2,(H,14,15,16). The largest absolute Gasteiger partial charge is 0.494 e. The number of hydrogen-bond donors (Lipinski definition) is 6. The predicted octanol–water partition coefficient (Wildman–Crippen LogP) is 3.39. The zero-order chi connectivity index (χ0) is 53.6. The summed E-state index contributed by atoms with van der Waals surface area (Å²) in [5, 5.41) is 44.2. The van der Waals surface area contributed by atoms with E-state index in [-0.39, 0.29) is 11.1 Å². The van der Waals surface area contributed by atoms with E-state index in [0.29, 0.717) is 82.8 Å². The number of ketones is 2. The molecule has 27 heteroatoms. The zero-order valence-corrected chi connectivity index (χ0v) is 42.0. The van der Waals surface area contributed by atoms with Crippen LogP contribution in [0, 0.1) is 13.8 Å². The van der Waals surface area contributed by atoms with Crippen LogP contribution in [-0.2, 0) is 9.59 Å². The molecule has 0 atom stereocenters. The molecule has 392 valence electrons. The molecule has 0 radical (unpaired) electrons. The lowest BCUT2D eigenvalue weighted by Gasteiger charge is -2.34. The molecule has 0 unspecified atom stereocenters. The second-order valence-corrected chi connectivity index (χ2v) is 17.4. The van der Waals surface area contributed by atoms with Crippen LogP contribution >= 0.6 is 0 Å². The fourth-order valence-electron chi connectivity index (χ4n) is 8.96. The van der Waals surface area contributed by atoms with Gasteiger partial charge in [-0.25, -0.2) is 34.1 Å².